The Bertz CT molecular complexity index is 318. The van der Waals surface area contributed by atoms with Gasteiger partial charge in [0.2, 0.25) is 0 Å². The van der Waals surface area contributed by atoms with Crippen LogP contribution in [0.2, 0.25) is 0 Å². The second kappa shape index (κ2) is 5.34. The second-order valence-corrected chi connectivity index (χ2v) is 7.40. The number of nitrogens with one attached hydrogen (secondary N) is 1. The highest BCUT2D eigenvalue weighted by atomic mass is 16.5. The van der Waals surface area contributed by atoms with Gasteiger partial charge in [-0.15, -0.1) is 0 Å². The fourth-order valence-corrected chi connectivity index (χ4v) is 4.74. The molecule has 0 aromatic rings. The minimum atomic E-state index is 0.253. The summed E-state index contributed by atoms with van der Waals surface area (Å²) >= 11 is 0. The van der Waals surface area contributed by atoms with Crippen LogP contribution in [0.3, 0.4) is 0 Å². The van der Waals surface area contributed by atoms with E-state index in [-0.39, 0.29) is 5.41 Å². The first kappa shape index (κ1) is 13.8. The van der Waals surface area contributed by atoms with Crippen molar-refractivity contribution in [2.45, 2.75) is 70.6 Å². The molecule has 1 saturated heterocycles. The smallest absolute Gasteiger partial charge is 0.0684 e. The number of fused-ring (bicyclic) bond motifs is 1. The molecule has 3 fully saturated rings. The average molecular weight is 267 g/mol. The standard InChI is InChI=1S/C16H29NO2/c1-16(2)14(12-7-5-9-19-15(12)16)17-13-8-4-3-6-11(13)10-18/h11-15,17-18H,3-10H2,1-2H3. The Hall–Kier alpha value is -0.120. The highest BCUT2D eigenvalue weighted by molar-refractivity contribution is 5.11. The van der Waals surface area contributed by atoms with Crippen molar-refractivity contribution in [2.24, 2.45) is 17.3 Å². The number of hydrogen-bond donors (Lipinski definition) is 2. The maximum atomic E-state index is 9.56. The van der Waals surface area contributed by atoms with E-state index in [0.717, 1.165) is 6.61 Å². The molecule has 0 amide bonds. The summed E-state index contributed by atoms with van der Waals surface area (Å²) in [6.45, 7) is 5.97. The van der Waals surface area contributed by atoms with Gasteiger partial charge in [-0.2, -0.15) is 0 Å². The van der Waals surface area contributed by atoms with Crippen molar-refractivity contribution in [2.75, 3.05) is 13.2 Å². The van der Waals surface area contributed by atoms with Gasteiger partial charge in [0, 0.05) is 36.6 Å². The third-order valence-corrected chi connectivity index (χ3v) is 5.87. The van der Waals surface area contributed by atoms with Crippen LogP contribution in [0, 0.1) is 17.3 Å². The van der Waals surface area contributed by atoms with Crippen molar-refractivity contribution >= 4 is 0 Å². The van der Waals surface area contributed by atoms with Gasteiger partial charge in [0.25, 0.3) is 0 Å². The second-order valence-electron chi connectivity index (χ2n) is 7.40. The lowest BCUT2D eigenvalue weighted by molar-refractivity contribution is -0.196. The molecule has 2 saturated carbocycles. The number of aliphatic hydroxyl groups is 1. The summed E-state index contributed by atoms with van der Waals surface area (Å²) < 4.78 is 5.98. The van der Waals surface area contributed by atoms with Gasteiger partial charge in [-0.3, -0.25) is 0 Å². The summed E-state index contributed by atoms with van der Waals surface area (Å²) in [5, 5.41) is 13.5. The van der Waals surface area contributed by atoms with Crippen LogP contribution in [-0.2, 0) is 4.74 Å². The summed E-state index contributed by atoms with van der Waals surface area (Å²) in [5.41, 5.74) is 0.253. The minimum Gasteiger partial charge on any atom is -0.396 e. The molecule has 3 rings (SSSR count). The first-order valence-corrected chi connectivity index (χ1v) is 8.13. The Morgan fingerprint density at radius 3 is 2.74 bits per heavy atom. The molecule has 3 heteroatoms. The van der Waals surface area contributed by atoms with Crippen molar-refractivity contribution in [3.05, 3.63) is 0 Å². The summed E-state index contributed by atoms with van der Waals surface area (Å²) in [4.78, 5) is 0. The van der Waals surface area contributed by atoms with Crippen LogP contribution in [-0.4, -0.2) is 36.5 Å². The largest absolute Gasteiger partial charge is 0.396 e. The van der Waals surface area contributed by atoms with Gasteiger partial charge in [-0.05, 0) is 31.6 Å². The van der Waals surface area contributed by atoms with Gasteiger partial charge < -0.3 is 15.2 Å². The molecule has 0 aromatic carbocycles. The van der Waals surface area contributed by atoms with Gasteiger partial charge in [0.1, 0.15) is 0 Å². The van der Waals surface area contributed by atoms with Gasteiger partial charge >= 0.3 is 0 Å². The van der Waals surface area contributed by atoms with E-state index >= 15 is 0 Å². The van der Waals surface area contributed by atoms with Crippen molar-refractivity contribution in [3.8, 4) is 0 Å². The number of ether oxygens (including phenoxy) is 1. The van der Waals surface area contributed by atoms with Gasteiger partial charge in [-0.1, -0.05) is 26.7 Å². The fourth-order valence-electron chi connectivity index (χ4n) is 4.74. The van der Waals surface area contributed by atoms with Gasteiger partial charge in [0.05, 0.1) is 6.10 Å². The summed E-state index contributed by atoms with van der Waals surface area (Å²) in [6, 6.07) is 1.10. The molecular formula is C16H29NO2. The van der Waals surface area contributed by atoms with E-state index in [2.05, 4.69) is 19.2 Å². The van der Waals surface area contributed by atoms with Crippen LogP contribution in [0.5, 0.6) is 0 Å². The Morgan fingerprint density at radius 1 is 1.16 bits per heavy atom. The molecule has 0 bridgehead atoms. The van der Waals surface area contributed by atoms with Crippen molar-refractivity contribution in [1.29, 1.82) is 0 Å². The normalized spacial score (nSPS) is 45.3. The maximum Gasteiger partial charge on any atom is 0.0684 e. The van der Waals surface area contributed by atoms with E-state index in [1.165, 1.54) is 38.5 Å². The molecule has 0 spiro atoms. The fraction of sp³-hybridized carbons (Fsp3) is 1.00. The quantitative estimate of drug-likeness (QED) is 0.824. The molecule has 1 heterocycles. The van der Waals surface area contributed by atoms with Crippen molar-refractivity contribution in [3.63, 3.8) is 0 Å². The van der Waals surface area contributed by atoms with E-state index < -0.39 is 0 Å². The molecule has 19 heavy (non-hydrogen) atoms. The predicted molar refractivity (Wildman–Crippen MR) is 76.0 cm³/mol. The molecule has 0 radical (unpaired) electrons. The van der Waals surface area contributed by atoms with E-state index in [1.54, 1.807) is 0 Å². The van der Waals surface area contributed by atoms with Crippen LogP contribution in [0.1, 0.15) is 52.4 Å². The molecule has 5 atom stereocenters. The van der Waals surface area contributed by atoms with Crippen LogP contribution in [0.15, 0.2) is 0 Å². The molecule has 2 aliphatic carbocycles. The van der Waals surface area contributed by atoms with Gasteiger partial charge in [-0.25, -0.2) is 0 Å². The lowest BCUT2D eigenvalue weighted by Gasteiger charge is -2.61. The Balaban J connectivity index is 1.65. The number of rotatable bonds is 3. The van der Waals surface area contributed by atoms with Crippen molar-refractivity contribution in [1.82, 2.24) is 5.32 Å². The predicted octanol–water partition coefficient (Wildman–Crippen LogP) is 2.33. The van der Waals surface area contributed by atoms with E-state index in [0.29, 0.717) is 36.6 Å². The summed E-state index contributed by atoms with van der Waals surface area (Å²) in [7, 11) is 0. The Labute approximate surface area is 117 Å². The molecule has 110 valence electrons. The van der Waals surface area contributed by atoms with E-state index in [4.69, 9.17) is 4.74 Å². The van der Waals surface area contributed by atoms with Crippen LogP contribution in [0.25, 0.3) is 0 Å². The lowest BCUT2D eigenvalue weighted by Crippen LogP contribution is -2.71. The Morgan fingerprint density at radius 2 is 1.95 bits per heavy atom. The zero-order valence-electron chi connectivity index (χ0n) is 12.4. The first-order valence-electron chi connectivity index (χ1n) is 8.13. The van der Waals surface area contributed by atoms with Crippen LogP contribution in [0.4, 0.5) is 0 Å². The third kappa shape index (κ3) is 2.34. The van der Waals surface area contributed by atoms with E-state index in [1.807, 2.05) is 0 Å². The van der Waals surface area contributed by atoms with Crippen molar-refractivity contribution < 1.29 is 9.84 Å². The minimum absolute atomic E-state index is 0.253. The number of hydrogen-bond acceptors (Lipinski definition) is 3. The van der Waals surface area contributed by atoms with Crippen LogP contribution >= 0.6 is 0 Å². The number of aliphatic hydroxyl groups excluding tert-OH is 1. The zero-order chi connectivity index (χ0) is 13.5. The third-order valence-electron chi connectivity index (χ3n) is 5.87. The maximum absolute atomic E-state index is 9.56. The molecule has 5 unspecified atom stereocenters. The SMILES string of the molecule is CC1(C)C(NC2CCCCC2CO)C2CCCOC21. The summed E-state index contributed by atoms with van der Waals surface area (Å²) in [5.74, 6) is 1.16. The molecular weight excluding hydrogens is 238 g/mol. The Kier molecular flexibility index (Phi) is 3.89. The van der Waals surface area contributed by atoms with Crippen LogP contribution < -0.4 is 5.32 Å². The molecule has 3 aliphatic rings. The topological polar surface area (TPSA) is 41.5 Å². The molecule has 2 N–H and O–H groups in total. The summed E-state index contributed by atoms with van der Waals surface area (Å²) in [6.07, 6.45) is 7.99. The monoisotopic (exact) mass is 267 g/mol. The highest BCUT2D eigenvalue weighted by Crippen LogP contribution is 2.51. The zero-order valence-corrected chi connectivity index (χ0v) is 12.4. The molecule has 1 aliphatic heterocycles. The first-order chi connectivity index (χ1) is 9.14. The lowest BCUT2D eigenvalue weighted by atomic mass is 9.55. The average Bonchev–Trinajstić information content (AvgIpc) is 2.45. The highest BCUT2D eigenvalue weighted by Gasteiger charge is 2.58. The van der Waals surface area contributed by atoms with Gasteiger partial charge in [0.15, 0.2) is 0 Å². The molecule has 0 aromatic heterocycles. The van der Waals surface area contributed by atoms with E-state index in [9.17, 15) is 5.11 Å². The molecule has 3 nitrogen and oxygen atoms in total.